The summed E-state index contributed by atoms with van der Waals surface area (Å²) in [6.45, 7) is 6.78. The second-order valence-corrected chi connectivity index (χ2v) is 6.79. The van der Waals surface area contributed by atoms with Gasteiger partial charge in [-0.25, -0.2) is 0 Å². The van der Waals surface area contributed by atoms with E-state index in [9.17, 15) is 4.79 Å². The van der Waals surface area contributed by atoms with Crippen LogP contribution in [-0.4, -0.2) is 36.6 Å². The molecule has 1 aromatic carbocycles. The fourth-order valence-corrected chi connectivity index (χ4v) is 3.12. The van der Waals surface area contributed by atoms with E-state index in [1.807, 2.05) is 19.1 Å². The van der Waals surface area contributed by atoms with Gasteiger partial charge in [-0.3, -0.25) is 9.78 Å². The summed E-state index contributed by atoms with van der Waals surface area (Å²) in [6.07, 6.45) is 4.56. The van der Waals surface area contributed by atoms with Gasteiger partial charge in [0, 0.05) is 36.1 Å². The Morgan fingerprint density at radius 1 is 1.24 bits per heavy atom. The molecule has 0 spiro atoms. The molecule has 1 amide bonds. The highest BCUT2D eigenvalue weighted by Crippen LogP contribution is 2.29. The monoisotopic (exact) mass is 441 g/mol. The molecule has 0 saturated carbocycles. The van der Waals surface area contributed by atoms with Crippen LogP contribution < -0.4 is 20.1 Å². The standard InChI is InChI=1S/C21H27N3O3.2ClH/c1-3-26-20-11-17(21(25)24-18-13-23-10-8-15(18)2)6-7-19(20)27-14-16-5-4-9-22-12-16;;/h4-7,9,11-12,15,18,23H,3,8,10,13-14H2,1-2H3,(H,24,25);2*1H. The van der Waals surface area contributed by atoms with Crippen molar-refractivity contribution in [3.8, 4) is 11.5 Å². The van der Waals surface area contributed by atoms with Crippen LogP contribution in [0.15, 0.2) is 42.7 Å². The Bertz CT molecular complexity index is 762. The Hall–Kier alpha value is -2.02. The highest BCUT2D eigenvalue weighted by atomic mass is 35.5. The Morgan fingerprint density at radius 2 is 2.07 bits per heavy atom. The number of carbonyl (C=O) groups is 1. The number of pyridine rings is 1. The molecule has 29 heavy (non-hydrogen) atoms. The summed E-state index contributed by atoms with van der Waals surface area (Å²) in [6, 6.07) is 9.28. The molecule has 0 aliphatic carbocycles. The SMILES string of the molecule is CCOc1cc(C(=O)NC2CNCCC2C)ccc1OCc1cccnc1.Cl.Cl. The lowest BCUT2D eigenvalue weighted by Gasteiger charge is -2.30. The second-order valence-electron chi connectivity index (χ2n) is 6.79. The number of aromatic nitrogens is 1. The van der Waals surface area contributed by atoms with Crippen molar-refractivity contribution in [3.63, 3.8) is 0 Å². The van der Waals surface area contributed by atoms with Crippen molar-refractivity contribution in [2.45, 2.75) is 32.9 Å². The molecule has 2 unspecified atom stereocenters. The first-order valence-corrected chi connectivity index (χ1v) is 9.47. The molecule has 6 nitrogen and oxygen atoms in total. The van der Waals surface area contributed by atoms with Crippen LogP contribution in [0.4, 0.5) is 0 Å². The van der Waals surface area contributed by atoms with Crippen LogP contribution in [0.25, 0.3) is 0 Å². The van der Waals surface area contributed by atoms with Gasteiger partial charge in [0.1, 0.15) is 6.61 Å². The van der Waals surface area contributed by atoms with Crippen LogP contribution in [0, 0.1) is 5.92 Å². The number of halogens is 2. The summed E-state index contributed by atoms with van der Waals surface area (Å²) in [5.74, 6) is 1.56. The summed E-state index contributed by atoms with van der Waals surface area (Å²) < 4.78 is 11.6. The summed E-state index contributed by atoms with van der Waals surface area (Å²) in [4.78, 5) is 16.7. The van der Waals surface area contributed by atoms with Crippen molar-refractivity contribution >= 4 is 30.7 Å². The maximum atomic E-state index is 12.7. The van der Waals surface area contributed by atoms with E-state index >= 15 is 0 Å². The molecule has 0 bridgehead atoms. The molecule has 1 saturated heterocycles. The zero-order chi connectivity index (χ0) is 19.1. The normalized spacial score (nSPS) is 18.0. The molecule has 1 aliphatic rings. The molecular weight excluding hydrogens is 413 g/mol. The lowest BCUT2D eigenvalue weighted by Crippen LogP contribution is -2.50. The van der Waals surface area contributed by atoms with Gasteiger partial charge in [0.2, 0.25) is 0 Å². The lowest BCUT2D eigenvalue weighted by molar-refractivity contribution is 0.0914. The lowest BCUT2D eigenvalue weighted by atomic mass is 9.94. The molecule has 1 aliphatic heterocycles. The number of ether oxygens (including phenoxy) is 2. The second kappa shape index (κ2) is 12.5. The molecule has 2 aromatic rings. The van der Waals surface area contributed by atoms with Crippen molar-refractivity contribution in [1.29, 1.82) is 0 Å². The van der Waals surface area contributed by atoms with Crippen molar-refractivity contribution in [2.75, 3.05) is 19.7 Å². The summed E-state index contributed by atoms with van der Waals surface area (Å²) in [7, 11) is 0. The van der Waals surface area contributed by atoms with E-state index in [1.54, 1.807) is 30.6 Å². The fourth-order valence-electron chi connectivity index (χ4n) is 3.12. The van der Waals surface area contributed by atoms with Crippen LogP contribution >= 0.6 is 24.8 Å². The van der Waals surface area contributed by atoms with Gasteiger partial charge in [-0.05, 0) is 50.1 Å². The number of nitrogens with zero attached hydrogens (tertiary/aromatic N) is 1. The van der Waals surface area contributed by atoms with Gasteiger partial charge in [-0.15, -0.1) is 24.8 Å². The molecule has 8 heteroatoms. The number of amides is 1. The Balaban J connectivity index is 0.00000210. The first-order valence-electron chi connectivity index (χ1n) is 9.47. The van der Waals surface area contributed by atoms with Gasteiger partial charge in [-0.2, -0.15) is 0 Å². The van der Waals surface area contributed by atoms with E-state index in [2.05, 4.69) is 22.5 Å². The van der Waals surface area contributed by atoms with Crippen molar-refractivity contribution in [3.05, 3.63) is 53.9 Å². The van der Waals surface area contributed by atoms with E-state index in [0.717, 1.165) is 25.1 Å². The minimum absolute atomic E-state index is 0. The topological polar surface area (TPSA) is 72.5 Å². The molecule has 1 fully saturated rings. The Kier molecular flexibility index (Phi) is 10.8. The first-order chi connectivity index (χ1) is 13.2. The number of hydrogen-bond donors (Lipinski definition) is 2. The third kappa shape index (κ3) is 7.07. The molecule has 2 atom stereocenters. The number of rotatable bonds is 7. The minimum Gasteiger partial charge on any atom is -0.490 e. The van der Waals surface area contributed by atoms with E-state index in [0.29, 0.717) is 36.2 Å². The molecule has 0 radical (unpaired) electrons. The van der Waals surface area contributed by atoms with Crippen LogP contribution in [-0.2, 0) is 6.61 Å². The quantitative estimate of drug-likeness (QED) is 0.685. The predicted molar refractivity (Wildman–Crippen MR) is 119 cm³/mol. The van der Waals surface area contributed by atoms with E-state index < -0.39 is 0 Å². The van der Waals surface area contributed by atoms with Gasteiger partial charge in [0.15, 0.2) is 11.5 Å². The Morgan fingerprint density at radius 3 is 2.76 bits per heavy atom. The van der Waals surface area contributed by atoms with Gasteiger partial charge >= 0.3 is 0 Å². The number of carbonyl (C=O) groups excluding carboxylic acids is 1. The molecular formula is C21H29Cl2N3O3. The van der Waals surface area contributed by atoms with Crippen LogP contribution in [0.2, 0.25) is 0 Å². The van der Waals surface area contributed by atoms with Crippen molar-refractivity contribution in [1.82, 2.24) is 15.6 Å². The first kappa shape index (κ1) is 25.0. The Labute approximate surface area is 184 Å². The smallest absolute Gasteiger partial charge is 0.251 e. The zero-order valence-electron chi connectivity index (χ0n) is 16.7. The van der Waals surface area contributed by atoms with E-state index in [-0.39, 0.29) is 36.8 Å². The van der Waals surface area contributed by atoms with Crippen molar-refractivity contribution < 1.29 is 14.3 Å². The van der Waals surface area contributed by atoms with Gasteiger partial charge in [0.05, 0.1) is 6.61 Å². The van der Waals surface area contributed by atoms with E-state index in [4.69, 9.17) is 9.47 Å². The average Bonchev–Trinajstić information content (AvgIpc) is 2.69. The maximum absolute atomic E-state index is 12.7. The molecule has 3 rings (SSSR count). The fraction of sp³-hybridized carbons (Fsp3) is 0.429. The third-order valence-corrected chi connectivity index (χ3v) is 4.77. The summed E-state index contributed by atoms with van der Waals surface area (Å²) >= 11 is 0. The van der Waals surface area contributed by atoms with Crippen LogP contribution in [0.3, 0.4) is 0 Å². The number of benzene rings is 1. The third-order valence-electron chi connectivity index (χ3n) is 4.77. The number of hydrogen-bond acceptors (Lipinski definition) is 5. The summed E-state index contributed by atoms with van der Waals surface area (Å²) in [5.41, 5.74) is 1.55. The average molecular weight is 442 g/mol. The molecule has 1 aromatic heterocycles. The van der Waals surface area contributed by atoms with E-state index in [1.165, 1.54) is 0 Å². The minimum atomic E-state index is -0.0877. The predicted octanol–water partition coefficient (Wildman–Crippen LogP) is 3.63. The highest BCUT2D eigenvalue weighted by molar-refractivity contribution is 5.95. The molecule has 2 heterocycles. The summed E-state index contributed by atoms with van der Waals surface area (Å²) in [5, 5.41) is 6.46. The maximum Gasteiger partial charge on any atom is 0.251 e. The van der Waals surface area contributed by atoms with Crippen LogP contribution in [0.5, 0.6) is 11.5 Å². The zero-order valence-corrected chi connectivity index (χ0v) is 18.4. The largest absolute Gasteiger partial charge is 0.490 e. The van der Waals surface area contributed by atoms with Gasteiger partial charge < -0.3 is 20.1 Å². The number of nitrogens with one attached hydrogen (secondary N) is 2. The van der Waals surface area contributed by atoms with Gasteiger partial charge in [-0.1, -0.05) is 13.0 Å². The van der Waals surface area contributed by atoms with Crippen LogP contribution in [0.1, 0.15) is 36.2 Å². The number of piperidine rings is 1. The van der Waals surface area contributed by atoms with Gasteiger partial charge in [0.25, 0.3) is 5.91 Å². The van der Waals surface area contributed by atoms with Crippen molar-refractivity contribution in [2.24, 2.45) is 5.92 Å². The molecule has 2 N–H and O–H groups in total. The highest BCUT2D eigenvalue weighted by Gasteiger charge is 2.23. The molecule has 160 valence electrons.